The molecule has 2 rings (SSSR count). The van der Waals surface area contributed by atoms with Crippen LogP contribution in [-0.4, -0.2) is 25.8 Å². The summed E-state index contributed by atoms with van der Waals surface area (Å²) in [6.45, 7) is 5.08. The van der Waals surface area contributed by atoms with Crippen LogP contribution in [0.4, 0.5) is 16.2 Å². The van der Waals surface area contributed by atoms with Crippen LogP contribution in [0.1, 0.15) is 5.56 Å². The molecule has 0 bridgehead atoms. The van der Waals surface area contributed by atoms with Gasteiger partial charge >= 0.3 is 12.0 Å². The lowest BCUT2D eigenvalue weighted by atomic mass is 10.2. The van der Waals surface area contributed by atoms with Crippen LogP contribution in [0.15, 0.2) is 67.3 Å². The number of para-hydroxylation sites is 2. The van der Waals surface area contributed by atoms with E-state index in [4.69, 9.17) is 4.74 Å². The Hall–Kier alpha value is -3.08. The molecular weight excluding hydrogens is 304 g/mol. The first-order valence-corrected chi connectivity index (χ1v) is 7.49. The highest BCUT2D eigenvalue weighted by molar-refractivity contribution is 6.03. The molecule has 0 aliphatic heterocycles. The smallest absolute Gasteiger partial charge is 0.331 e. The van der Waals surface area contributed by atoms with Crippen molar-refractivity contribution >= 4 is 23.4 Å². The van der Waals surface area contributed by atoms with Crippen LogP contribution in [-0.2, 0) is 9.53 Å². The van der Waals surface area contributed by atoms with Crippen LogP contribution in [0, 0.1) is 6.92 Å². The fourth-order valence-corrected chi connectivity index (χ4v) is 2.22. The van der Waals surface area contributed by atoms with Gasteiger partial charge in [0, 0.05) is 18.8 Å². The highest BCUT2D eigenvalue weighted by Crippen LogP contribution is 2.22. The van der Waals surface area contributed by atoms with Gasteiger partial charge in [0.1, 0.15) is 0 Å². The average Bonchev–Trinajstić information content (AvgIpc) is 2.62. The number of hydrogen-bond donors (Lipinski definition) is 0. The van der Waals surface area contributed by atoms with E-state index in [2.05, 4.69) is 6.58 Å². The molecule has 0 heterocycles. The highest BCUT2D eigenvalue weighted by Gasteiger charge is 2.23. The molecule has 2 aromatic carbocycles. The summed E-state index contributed by atoms with van der Waals surface area (Å²) in [5.74, 6) is -0.580. The fraction of sp³-hybridized carbons (Fsp3) is 0.158. The molecule has 5 heteroatoms. The van der Waals surface area contributed by atoms with Crippen LogP contribution >= 0.6 is 0 Å². The van der Waals surface area contributed by atoms with Crippen molar-refractivity contribution in [3.63, 3.8) is 0 Å². The Morgan fingerprint density at radius 1 is 1.08 bits per heavy atom. The van der Waals surface area contributed by atoms with Crippen LogP contribution in [0.5, 0.6) is 0 Å². The summed E-state index contributed by atoms with van der Waals surface area (Å²) in [4.78, 5) is 27.3. The second-order valence-corrected chi connectivity index (χ2v) is 5.19. The molecule has 2 amide bonds. The Labute approximate surface area is 141 Å². The standard InChI is InChI=1S/C19H20N2O3/c1-4-18(22)24-14-21(17-13-9-8-10-15(17)2)19(23)20(3)16-11-6-5-7-12-16/h4-13H,1,14H2,2-3H3. The molecule has 0 aliphatic rings. The van der Waals surface area contributed by atoms with Gasteiger partial charge in [-0.2, -0.15) is 0 Å². The van der Waals surface area contributed by atoms with Crippen molar-refractivity contribution in [1.29, 1.82) is 0 Å². The SMILES string of the molecule is C=CC(=O)OCN(C(=O)N(C)c1ccccc1)c1ccccc1C. The van der Waals surface area contributed by atoms with Gasteiger partial charge in [-0.15, -0.1) is 0 Å². The summed E-state index contributed by atoms with van der Waals surface area (Å²) >= 11 is 0. The number of hydrogen-bond acceptors (Lipinski definition) is 3. The zero-order valence-electron chi connectivity index (χ0n) is 13.8. The third-order valence-electron chi connectivity index (χ3n) is 3.57. The summed E-state index contributed by atoms with van der Waals surface area (Å²) < 4.78 is 5.09. The first kappa shape index (κ1) is 17.3. The van der Waals surface area contributed by atoms with E-state index in [9.17, 15) is 9.59 Å². The molecule has 0 saturated heterocycles. The third-order valence-corrected chi connectivity index (χ3v) is 3.57. The fourth-order valence-electron chi connectivity index (χ4n) is 2.22. The molecule has 0 N–H and O–H groups in total. The first-order chi connectivity index (χ1) is 11.5. The van der Waals surface area contributed by atoms with Crippen molar-refractivity contribution in [2.75, 3.05) is 23.6 Å². The minimum absolute atomic E-state index is 0.189. The lowest BCUT2D eigenvalue weighted by molar-refractivity contribution is -0.137. The minimum Gasteiger partial charge on any atom is -0.441 e. The number of amides is 2. The van der Waals surface area contributed by atoms with Crippen molar-refractivity contribution in [1.82, 2.24) is 0 Å². The van der Waals surface area contributed by atoms with E-state index in [1.807, 2.05) is 61.5 Å². The Bertz CT molecular complexity index is 728. The van der Waals surface area contributed by atoms with Gasteiger partial charge in [-0.05, 0) is 30.7 Å². The number of esters is 1. The Kier molecular flexibility index (Phi) is 5.73. The van der Waals surface area contributed by atoms with E-state index in [1.165, 1.54) is 9.80 Å². The van der Waals surface area contributed by atoms with E-state index < -0.39 is 5.97 Å². The zero-order valence-corrected chi connectivity index (χ0v) is 13.8. The first-order valence-electron chi connectivity index (χ1n) is 7.49. The molecule has 2 aromatic rings. The third kappa shape index (κ3) is 4.01. The molecule has 0 fully saturated rings. The number of carbonyl (C=O) groups excluding carboxylic acids is 2. The molecule has 124 valence electrons. The lowest BCUT2D eigenvalue weighted by Gasteiger charge is -2.28. The minimum atomic E-state index is -0.580. The normalized spacial score (nSPS) is 9.92. The number of nitrogens with zero attached hydrogens (tertiary/aromatic N) is 2. The lowest BCUT2D eigenvalue weighted by Crippen LogP contribution is -2.43. The zero-order chi connectivity index (χ0) is 17.5. The molecule has 0 radical (unpaired) electrons. The van der Waals surface area contributed by atoms with E-state index in [-0.39, 0.29) is 12.8 Å². The highest BCUT2D eigenvalue weighted by atomic mass is 16.5. The van der Waals surface area contributed by atoms with Gasteiger partial charge in [0.15, 0.2) is 6.73 Å². The Morgan fingerprint density at radius 2 is 1.71 bits per heavy atom. The second kappa shape index (κ2) is 7.97. The van der Waals surface area contributed by atoms with Crippen molar-refractivity contribution in [3.05, 3.63) is 72.8 Å². The average molecular weight is 324 g/mol. The van der Waals surface area contributed by atoms with Crippen LogP contribution in [0.2, 0.25) is 0 Å². The van der Waals surface area contributed by atoms with E-state index in [0.29, 0.717) is 5.69 Å². The monoisotopic (exact) mass is 324 g/mol. The summed E-state index contributed by atoms with van der Waals surface area (Å²) in [5, 5.41) is 0. The predicted octanol–water partition coefficient (Wildman–Crippen LogP) is 3.74. The number of urea groups is 1. The number of benzene rings is 2. The quantitative estimate of drug-likeness (QED) is 0.478. The van der Waals surface area contributed by atoms with Crippen molar-refractivity contribution in [2.45, 2.75) is 6.92 Å². The van der Waals surface area contributed by atoms with E-state index in [0.717, 1.165) is 17.3 Å². The summed E-state index contributed by atoms with van der Waals surface area (Å²) in [6.07, 6.45) is 1.07. The molecule has 5 nitrogen and oxygen atoms in total. The van der Waals surface area contributed by atoms with Gasteiger partial charge in [-0.3, -0.25) is 9.80 Å². The number of aryl methyl sites for hydroxylation is 1. The Morgan fingerprint density at radius 3 is 2.33 bits per heavy atom. The maximum atomic E-state index is 12.9. The summed E-state index contributed by atoms with van der Waals surface area (Å²) in [6, 6.07) is 16.4. The maximum Gasteiger partial charge on any atom is 0.331 e. The molecule has 0 spiro atoms. The topological polar surface area (TPSA) is 49.9 Å². The molecule has 0 atom stereocenters. The molecule has 24 heavy (non-hydrogen) atoms. The van der Waals surface area contributed by atoms with Gasteiger partial charge in [-0.1, -0.05) is 43.0 Å². The van der Waals surface area contributed by atoms with Crippen LogP contribution < -0.4 is 9.80 Å². The number of rotatable bonds is 5. The van der Waals surface area contributed by atoms with Gasteiger partial charge in [0.2, 0.25) is 0 Å². The number of anilines is 2. The van der Waals surface area contributed by atoms with Crippen molar-refractivity contribution in [2.24, 2.45) is 0 Å². The predicted molar refractivity (Wildman–Crippen MR) is 95.1 cm³/mol. The van der Waals surface area contributed by atoms with Gasteiger partial charge in [-0.25, -0.2) is 9.59 Å². The number of ether oxygens (including phenoxy) is 1. The van der Waals surface area contributed by atoms with Crippen LogP contribution in [0.25, 0.3) is 0 Å². The summed E-state index contributed by atoms with van der Waals surface area (Å²) in [5.41, 5.74) is 2.33. The Balaban J connectivity index is 2.31. The number of carbonyl (C=O) groups is 2. The van der Waals surface area contributed by atoms with E-state index in [1.54, 1.807) is 7.05 Å². The molecule has 0 saturated carbocycles. The summed E-state index contributed by atoms with van der Waals surface area (Å²) in [7, 11) is 1.68. The van der Waals surface area contributed by atoms with E-state index >= 15 is 0 Å². The molecular formula is C19H20N2O3. The molecule has 0 aromatic heterocycles. The molecule has 0 aliphatic carbocycles. The maximum absolute atomic E-state index is 12.9. The van der Waals surface area contributed by atoms with Gasteiger partial charge in [0.05, 0.1) is 5.69 Å². The molecule has 0 unspecified atom stereocenters. The van der Waals surface area contributed by atoms with Crippen molar-refractivity contribution < 1.29 is 14.3 Å². The largest absolute Gasteiger partial charge is 0.441 e. The van der Waals surface area contributed by atoms with Gasteiger partial charge in [0.25, 0.3) is 0 Å². The van der Waals surface area contributed by atoms with Crippen molar-refractivity contribution in [3.8, 4) is 0 Å². The second-order valence-electron chi connectivity index (χ2n) is 5.19. The van der Waals surface area contributed by atoms with Gasteiger partial charge < -0.3 is 4.74 Å². The van der Waals surface area contributed by atoms with Crippen LogP contribution in [0.3, 0.4) is 0 Å².